The molecule has 0 amide bonds. The molecule has 0 spiro atoms. The van der Waals surface area contributed by atoms with Crippen LogP contribution < -0.4 is 10.1 Å². The fraction of sp³-hybridized carbons (Fsp3) is 0.357. The second-order valence-corrected chi connectivity index (χ2v) is 5.01. The van der Waals surface area contributed by atoms with Gasteiger partial charge in [-0.05, 0) is 19.0 Å². The van der Waals surface area contributed by atoms with Crippen LogP contribution in [-0.4, -0.2) is 11.5 Å². The number of para-hydroxylation sites is 1. The van der Waals surface area contributed by atoms with Gasteiger partial charge in [-0.25, -0.2) is 0 Å². The van der Waals surface area contributed by atoms with Crippen LogP contribution in [0.15, 0.2) is 36.0 Å². The van der Waals surface area contributed by atoms with Crippen molar-refractivity contribution in [2.75, 3.05) is 6.54 Å². The highest BCUT2D eigenvalue weighted by atomic mass is 32.1. The molecule has 0 atom stereocenters. The maximum Gasteiger partial charge on any atom is 0.124 e. The number of aromatic nitrogens is 1. The van der Waals surface area contributed by atoms with Crippen LogP contribution in [0.25, 0.3) is 0 Å². The first-order valence-electron chi connectivity index (χ1n) is 6.19. The molecule has 3 nitrogen and oxygen atoms in total. The number of hydrogen-bond acceptors (Lipinski definition) is 4. The molecule has 18 heavy (non-hydrogen) atoms. The summed E-state index contributed by atoms with van der Waals surface area (Å²) < 4.78 is 5.84. The van der Waals surface area contributed by atoms with Crippen LogP contribution in [0.2, 0.25) is 0 Å². The number of thiazole rings is 1. The highest BCUT2D eigenvalue weighted by Gasteiger charge is 2.03. The van der Waals surface area contributed by atoms with Gasteiger partial charge in [0.1, 0.15) is 12.4 Å². The van der Waals surface area contributed by atoms with E-state index in [1.54, 1.807) is 11.3 Å². The van der Waals surface area contributed by atoms with Gasteiger partial charge in [-0.3, -0.25) is 4.98 Å². The lowest BCUT2D eigenvalue weighted by molar-refractivity contribution is 0.305. The Morgan fingerprint density at radius 3 is 3.00 bits per heavy atom. The van der Waals surface area contributed by atoms with E-state index in [9.17, 15) is 0 Å². The molecule has 0 unspecified atom stereocenters. The Morgan fingerprint density at radius 2 is 2.22 bits per heavy atom. The average Bonchev–Trinajstić information content (AvgIpc) is 2.91. The van der Waals surface area contributed by atoms with Gasteiger partial charge in [-0.15, -0.1) is 11.3 Å². The zero-order valence-electron chi connectivity index (χ0n) is 10.6. The number of nitrogens with one attached hydrogen (secondary N) is 1. The van der Waals surface area contributed by atoms with Crippen molar-refractivity contribution in [2.24, 2.45) is 0 Å². The smallest absolute Gasteiger partial charge is 0.124 e. The van der Waals surface area contributed by atoms with Crippen LogP contribution in [0.5, 0.6) is 5.75 Å². The van der Waals surface area contributed by atoms with E-state index in [1.165, 1.54) is 5.56 Å². The van der Waals surface area contributed by atoms with Crippen LogP contribution in [0.1, 0.15) is 23.8 Å². The van der Waals surface area contributed by atoms with Crippen LogP contribution in [0.3, 0.4) is 0 Å². The van der Waals surface area contributed by atoms with Crippen molar-refractivity contribution in [3.8, 4) is 5.75 Å². The third-order valence-corrected chi connectivity index (χ3v) is 3.32. The minimum absolute atomic E-state index is 0.593. The van der Waals surface area contributed by atoms with Crippen molar-refractivity contribution < 1.29 is 4.74 Å². The molecule has 0 aliphatic carbocycles. The first kappa shape index (κ1) is 13.1. The number of rotatable bonds is 7. The van der Waals surface area contributed by atoms with Crippen molar-refractivity contribution in [3.05, 3.63) is 46.4 Å². The highest BCUT2D eigenvalue weighted by molar-refractivity contribution is 7.09. The summed E-state index contributed by atoms with van der Waals surface area (Å²) in [5, 5.41) is 3.40. The largest absolute Gasteiger partial charge is 0.488 e. The van der Waals surface area contributed by atoms with Gasteiger partial charge >= 0.3 is 0 Å². The van der Waals surface area contributed by atoms with E-state index in [4.69, 9.17) is 4.74 Å². The Morgan fingerprint density at radius 1 is 1.33 bits per heavy atom. The molecule has 0 radical (unpaired) electrons. The molecule has 0 aliphatic rings. The van der Waals surface area contributed by atoms with Crippen molar-refractivity contribution in [2.45, 2.75) is 26.5 Å². The van der Waals surface area contributed by atoms with Crippen LogP contribution in [0, 0.1) is 0 Å². The van der Waals surface area contributed by atoms with Crippen LogP contribution in [0.4, 0.5) is 0 Å². The van der Waals surface area contributed by atoms with Crippen molar-refractivity contribution in [3.63, 3.8) is 0 Å². The molecular formula is C14H18N2OS. The Labute approximate surface area is 112 Å². The fourth-order valence-electron chi connectivity index (χ4n) is 1.65. The Kier molecular flexibility index (Phi) is 5.17. The number of ether oxygens (including phenoxy) is 1. The van der Waals surface area contributed by atoms with E-state index >= 15 is 0 Å². The summed E-state index contributed by atoms with van der Waals surface area (Å²) in [7, 11) is 0. The van der Waals surface area contributed by atoms with Gasteiger partial charge in [0.25, 0.3) is 0 Å². The zero-order chi connectivity index (χ0) is 12.6. The zero-order valence-corrected chi connectivity index (χ0v) is 11.4. The topological polar surface area (TPSA) is 34.1 Å². The first-order chi connectivity index (χ1) is 8.90. The van der Waals surface area contributed by atoms with Gasteiger partial charge in [0.2, 0.25) is 0 Å². The minimum atomic E-state index is 0.593. The predicted molar refractivity (Wildman–Crippen MR) is 74.9 cm³/mol. The summed E-state index contributed by atoms with van der Waals surface area (Å²) in [5.41, 5.74) is 3.03. The van der Waals surface area contributed by atoms with E-state index in [0.29, 0.717) is 6.61 Å². The first-order valence-corrected chi connectivity index (χ1v) is 7.07. The molecule has 4 heteroatoms. The fourth-order valence-corrected chi connectivity index (χ4v) is 2.16. The lowest BCUT2D eigenvalue weighted by atomic mass is 10.2. The number of hydrogen-bond donors (Lipinski definition) is 1. The molecule has 96 valence electrons. The molecule has 0 saturated heterocycles. The molecule has 1 N–H and O–H groups in total. The Hall–Kier alpha value is -1.39. The van der Waals surface area contributed by atoms with Crippen molar-refractivity contribution in [1.82, 2.24) is 10.3 Å². The van der Waals surface area contributed by atoms with Crippen molar-refractivity contribution >= 4 is 11.3 Å². The van der Waals surface area contributed by atoms with Crippen molar-refractivity contribution in [1.29, 1.82) is 0 Å². The highest BCUT2D eigenvalue weighted by Crippen LogP contribution is 2.19. The Balaban J connectivity index is 1.94. The SMILES string of the molecule is CCCNCc1ccccc1OCc1cncs1. The molecule has 0 aliphatic heterocycles. The van der Waals surface area contributed by atoms with E-state index in [1.807, 2.05) is 29.9 Å². The third kappa shape index (κ3) is 3.82. The molecule has 1 aromatic heterocycles. The second-order valence-electron chi connectivity index (χ2n) is 4.04. The summed E-state index contributed by atoms with van der Waals surface area (Å²) in [6, 6.07) is 8.17. The average molecular weight is 262 g/mol. The molecular weight excluding hydrogens is 244 g/mol. The molecule has 0 saturated carbocycles. The van der Waals surface area contributed by atoms with Gasteiger partial charge in [-0.2, -0.15) is 0 Å². The second kappa shape index (κ2) is 7.13. The predicted octanol–water partition coefficient (Wildman–Crippen LogP) is 3.22. The van der Waals surface area contributed by atoms with Gasteiger partial charge in [0.05, 0.1) is 10.4 Å². The third-order valence-electron chi connectivity index (χ3n) is 2.57. The van der Waals surface area contributed by atoms with Gasteiger partial charge in [0.15, 0.2) is 0 Å². The lowest BCUT2D eigenvalue weighted by Gasteiger charge is -2.11. The van der Waals surface area contributed by atoms with E-state index < -0.39 is 0 Å². The van der Waals surface area contributed by atoms with Gasteiger partial charge in [-0.1, -0.05) is 25.1 Å². The summed E-state index contributed by atoms with van der Waals surface area (Å²) in [4.78, 5) is 5.19. The maximum atomic E-state index is 5.84. The summed E-state index contributed by atoms with van der Waals surface area (Å²) in [6.45, 7) is 4.64. The molecule has 1 heterocycles. The maximum absolute atomic E-state index is 5.84. The minimum Gasteiger partial charge on any atom is -0.488 e. The molecule has 0 bridgehead atoms. The monoisotopic (exact) mass is 262 g/mol. The number of nitrogens with zero attached hydrogens (tertiary/aromatic N) is 1. The van der Waals surface area contributed by atoms with Crippen LogP contribution in [-0.2, 0) is 13.2 Å². The van der Waals surface area contributed by atoms with E-state index in [2.05, 4.69) is 23.3 Å². The summed E-state index contributed by atoms with van der Waals surface area (Å²) >= 11 is 1.62. The summed E-state index contributed by atoms with van der Waals surface area (Å²) in [6.07, 6.45) is 2.99. The normalized spacial score (nSPS) is 10.5. The molecule has 2 aromatic rings. The number of benzene rings is 1. The van der Waals surface area contributed by atoms with E-state index in [-0.39, 0.29) is 0 Å². The van der Waals surface area contributed by atoms with E-state index in [0.717, 1.165) is 30.1 Å². The summed E-state index contributed by atoms with van der Waals surface area (Å²) in [5.74, 6) is 0.953. The van der Waals surface area contributed by atoms with Gasteiger partial charge < -0.3 is 10.1 Å². The lowest BCUT2D eigenvalue weighted by Crippen LogP contribution is -2.14. The molecule has 0 fully saturated rings. The molecule has 2 rings (SSSR count). The Bertz CT molecular complexity index is 457. The molecule has 1 aromatic carbocycles. The van der Waals surface area contributed by atoms with Crippen LogP contribution >= 0.6 is 11.3 Å². The van der Waals surface area contributed by atoms with Gasteiger partial charge in [0, 0.05) is 18.3 Å². The standard InChI is InChI=1S/C14H18N2OS/c1-2-7-15-8-12-5-3-4-6-14(12)17-10-13-9-16-11-18-13/h3-6,9,11,15H,2,7-8,10H2,1H3. The quantitative estimate of drug-likeness (QED) is 0.778.